The third-order valence-corrected chi connectivity index (χ3v) is 14.4. The van der Waals surface area contributed by atoms with E-state index in [1.54, 1.807) is 0 Å². The fraction of sp³-hybridized carbons (Fsp3) is 0.259. The highest BCUT2D eigenvalue weighted by Gasteiger charge is 2.38. The minimum absolute atomic E-state index is 0.0995. The monoisotopic (exact) mass is 810 g/mol. The van der Waals surface area contributed by atoms with Gasteiger partial charge < -0.3 is 18.9 Å². The summed E-state index contributed by atoms with van der Waals surface area (Å²) in [6.07, 6.45) is 2.40. The van der Waals surface area contributed by atoms with Gasteiger partial charge in [-0.05, 0) is 116 Å². The first-order valence-electron chi connectivity index (χ1n) is 21.5. The third-order valence-electron chi connectivity index (χ3n) is 14.0. The minimum atomic E-state index is -0.731. The molecule has 298 valence electrons. The van der Waals surface area contributed by atoms with Crippen LogP contribution in [-0.2, 0) is 0 Å². The topological polar surface area (TPSA) is 36.9 Å². The van der Waals surface area contributed by atoms with Gasteiger partial charge in [0.1, 0.15) is 29.2 Å². The number of alkyl halides is 2. The Hall–Kier alpha value is -5.78. The lowest BCUT2D eigenvalue weighted by molar-refractivity contribution is 0.0361. The van der Waals surface area contributed by atoms with Gasteiger partial charge >= 0.3 is 0 Å². The van der Waals surface area contributed by atoms with Gasteiger partial charge in [-0.1, -0.05) is 109 Å². The molecule has 2 heterocycles. The summed E-state index contributed by atoms with van der Waals surface area (Å²) < 4.78 is 41.4. The smallest absolute Gasteiger partial charge is 0.127 e. The van der Waals surface area contributed by atoms with Gasteiger partial charge in [0.2, 0.25) is 0 Å². The Kier molecular flexibility index (Phi) is 8.69. The lowest BCUT2D eigenvalue weighted by Gasteiger charge is -2.36. The lowest BCUT2D eigenvalue weighted by Crippen LogP contribution is -2.37. The normalized spacial score (nSPS) is 23.5. The summed E-state index contributed by atoms with van der Waals surface area (Å²) in [4.78, 5) is 0. The standard InChI is InChI=1S/C54H44ClFO4/c55-37-23-33(24-37)35-27-57-47-19-15-31-7-1-3-9-39(31)51(47)53-45-13-5-11-41(43(45)17-21-49(53)59-28-35)42-12-6-14-46-44(42)18-22-50-54(46)52-40-10-4-2-8-32(40)16-20-48(52)58-29-36(30-60-50)34-25-38(56)26-34/h1-22,33-38H,23-30H2. The molecule has 0 N–H and O–H groups in total. The summed E-state index contributed by atoms with van der Waals surface area (Å²) in [5.41, 5.74) is 6.43. The summed E-state index contributed by atoms with van der Waals surface area (Å²) in [5.74, 6) is 4.47. The van der Waals surface area contributed by atoms with E-state index in [9.17, 15) is 4.39 Å². The zero-order valence-electron chi connectivity index (χ0n) is 33.2. The maximum Gasteiger partial charge on any atom is 0.127 e. The molecular formula is C54H44ClFO4. The van der Waals surface area contributed by atoms with Gasteiger partial charge in [0.15, 0.2) is 0 Å². The number of hydrogen-bond donors (Lipinski definition) is 0. The molecule has 2 aliphatic carbocycles. The summed E-state index contributed by atoms with van der Waals surface area (Å²) in [6.45, 7) is 2.13. The highest BCUT2D eigenvalue weighted by Crippen LogP contribution is 2.52. The second-order valence-electron chi connectivity index (χ2n) is 17.4. The predicted molar refractivity (Wildman–Crippen MR) is 242 cm³/mol. The first-order chi connectivity index (χ1) is 29.6. The van der Waals surface area contributed by atoms with E-state index in [-0.39, 0.29) is 23.1 Å². The lowest BCUT2D eigenvalue weighted by atomic mass is 9.75. The van der Waals surface area contributed by atoms with E-state index >= 15 is 0 Å². The van der Waals surface area contributed by atoms with Crippen molar-refractivity contribution in [3.63, 3.8) is 0 Å². The Morgan fingerprint density at radius 3 is 1.18 bits per heavy atom. The highest BCUT2D eigenvalue weighted by molar-refractivity contribution is 6.21. The predicted octanol–water partition coefficient (Wildman–Crippen LogP) is 13.8. The second-order valence-corrected chi connectivity index (χ2v) is 18.0. The van der Waals surface area contributed by atoms with E-state index in [0.717, 1.165) is 112 Å². The van der Waals surface area contributed by atoms with Gasteiger partial charge in [-0.2, -0.15) is 0 Å². The maximum absolute atomic E-state index is 14.1. The number of fused-ring (bicyclic) bond motifs is 14. The fourth-order valence-corrected chi connectivity index (χ4v) is 11.0. The quantitative estimate of drug-likeness (QED) is 0.167. The molecule has 60 heavy (non-hydrogen) atoms. The van der Waals surface area contributed by atoms with Crippen LogP contribution in [0.5, 0.6) is 23.0 Å². The highest BCUT2D eigenvalue weighted by atomic mass is 35.5. The molecule has 2 unspecified atom stereocenters. The van der Waals surface area contributed by atoms with Crippen LogP contribution >= 0.6 is 11.6 Å². The molecule has 0 bridgehead atoms. The van der Waals surface area contributed by atoms with E-state index < -0.39 is 6.17 Å². The fourth-order valence-electron chi connectivity index (χ4n) is 10.5. The molecule has 0 aromatic heterocycles. The zero-order valence-corrected chi connectivity index (χ0v) is 34.0. The summed E-state index contributed by atoms with van der Waals surface area (Å²) in [6, 6.07) is 47.6. The van der Waals surface area contributed by atoms with Crippen molar-refractivity contribution in [3.8, 4) is 56.4 Å². The van der Waals surface area contributed by atoms with Crippen molar-refractivity contribution in [2.75, 3.05) is 26.4 Å². The molecule has 4 nitrogen and oxygen atoms in total. The molecule has 0 amide bonds. The number of benzene rings is 8. The molecule has 4 aliphatic rings. The minimum Gasteiger partial charge on any atom is -0.492 e. The van der Waals surface area contributed by atoms with Crippen molar-refractivity contribution in [2.45, 2.75) is 37.2 Å². The molecule has 0 spiro atoms. The van der Waals surface area contributed by atoms with Gasteiger partial charge in [-0.15, -0.1) is 11.6 Å². The number of rotatable bonds is 3. The number of ether oxygens (including phenoxy) is 4. The molecule has 2 aliphatic heterocycles. The SMILES string of the molecule is FC1CC(C2COc3ccc4ccccc4c3-c3c(ccc4c(-c5cccc6c7c(ccc56)OCC(C5CC(Cl)C5)COc5ccc6ccccc6c5-7)cccc34)OC2)C1. The number of halogens is 2. The van der Waals surface area contributed by atoms with Gasteiger partial charge in [-0.3, -0.25) is 0 Å². The zero-order chi connectivity index (χ0) is 39.9. The van der Waals surface area contributed by atoms with Crippen molar-refractivity contribution in [3.05, 3.63) is 133 Å². The number of hydrogen-bond acceptors (Lipinski definition) is 4. The van der Waals surface area contributed by atoms with Crippen LogP contribution in [0.2, 0.25) is 0 Å². The van der Waals surface area contributed by atoms with Crippen molar-refractivity contribution < 1.29 is 23.3 Å². The Bertz CT molecular complexity index is 2780. The van der Waals surface area contributed by atoms with Crippen LogP contribution in [-0.4, -0.2) is 38.0 Å². The molecule has 2 saturated carbocycles. The van der Waals surface area contributed by atoms with Gasteiger partial charge in [0, 0.05) is 39.5 Å². The van der Waals surface area contributed by atoms with Crippen LogP contribution in [0.3, 0.4) is 0 Å². The summed E-state index contributed by atoms with van der Waals surface area (Å²) >= 11 is 6.49. The van der Waals surface area contributed by atoms with Crippen LogP contribution in [0.1, 0.15) is 25.7 Å². The molecule has 0 saturated heterocycles. The summed E-state index contributed by atoms with van der Waals surface area (Å²) in [7, 11) is 0. The van der Waals surface area contributed by atoms with Crippen LogP contribution in [0, 0.1) is 23.7 Å². The van der Waals surface area contributed by atoms with Gasteiger partial charge in [0.25, 0.3) is 0 Å². The van der Waals surface area contributed by atoms with Crippen LogP contribution in [0.25, 0.3) is 76.5 Å². The Labute approximate surface area is 353 Å². The van der Waals surface area contributed by atoms with Crippen molar-refractivity contribution >= 4 is 54.7 Å². The molecule has 8 aromatic rings. The van der Waals surface area contributed by atoms with Crippen LogP contribution in [0.15, 0.2) is 133 Å². The second kappa shape index (κ2) is 14.4. The molecule has 8 aromatic carbocycles. The van der Waals surface area contributed by atoms with Crippen molar-refractivity contribution in [2.24, 2.45) is 23.7 Å². The van der Waals surface area contributed by atoms with E-state index in [1.165, 1.54) is 0 Å². The Morgan fingerprint density at radius 1 is 0.367 bits per heavy atom. The third kappa shape index (κ3) is 5.91. The molecule has 12 rings (SSSR count). The molecule has 2 atom stereocenters. The van der Waals surface area contributed by atoms with E-state index in [4.69, 9.17) is 30.5 Å². The van der Waals surface area contributed by atoms with E-state index in [1.807, 2.05) is 0 Å². The Balaban J connectivity index is 1.06. The first-order valence-corrected chi connectivity index (χ1v) is 21.9. The van der Waals surface area contributed by atoms with Crippen molar-refractivity contribution in [1.82, 2.24) is 0 Å². The first kappa shape index (κ1) is 36.1. The van der Waals surface area contributed by atoms with E-state index in [0.29, 0.717) is 45.2 Å². The maximum atomic E-state index is 14.1. The van der Waals surface area contributed by atoms with E-state index in [2.05, 4.69) is 133 Å². The molecule has 0 radical (unpaired) electrons. The molecule has 2 fully saturated rings. The average molecular weight is 811 g/mol. The Morgan fingerprint density at radius 2 is 0.750 bits per heavy atom. The largest absolute Gasteiger partial charge is 0.492 e. The molecular weight excluding hydrogens is 767 g/mol. The summed E-state index contributed by atoms with van der Waals surface area (Å²) in [5, 5.41) is 9.23. The van der Waals surface area contributed by atoms with Crippen LogP contribution < -0.4 is 18.9 Å². The van der Waals surface area contributed by atoms with Crippen molar-refractivity contribution in [1.29, 1.82) is 0 Å². The van der Waals surface area contributed by atoms with Gasteiger partial charge in [0.05, 0.1) is 26.4 Å². The average Bonchev–Trinajstić information content (AvgIpc) is 3.40. The molecule has 6 heteroatoms. The van der Waals surface area contributed by atoms with Gasteiger partial charge in [-0.25, -0.2) is 4.39 Å². The van der Waals surface area contributed by atoms with Crippen LogP contribution in [0.4, 0.5) is 4.39 Å².